The van der Waals surface area contributed by atoms with Crippen molar-refractivity contribution in [2.45, 2.75) is 0 Å². The summed E-state index contributed by atoms with van der Waals surface area (Å²) in [6.45, 7) is 0. The molecule has 0 spiro atoms. The van der Waals surface area contributed by atoms with Crippen molar-refractivity contribution < 1.29 is 17.2 Å². The number of nitrogens with one attached hydrogen (secondary N) is 1. The number of aromatic nitrogens is 2. The molecule has 6 nitrogen and oxygen atoms in total. The highest BCUT2D eigenvalue weighted by atomic mass is 32.3. The van der Waals surface area contributed by atoms with Gasteiger partial charge in [0.2, 0.25) is 0 Å². The molecule has 0 saturated carbocycles. The largest absolute Gasteiger partial charge is 0.397 e. The van der Waals surface area contributed by atoms with Crippen LogP contribution in [0.2, 0.25) is 0 Å². The van der Waals surface area contributed by atoms with Crippen molar-refractivity contribution >= 4 is 10.4 Å². The van der Waals surface area contributed by atoms with Gasteiger partial charge in [0.1, 0.15) is 0 Å². The van der Waals surface area contributed by atoms with Gasteiger partial charge in [-0.15, -0.1) is 0 Å². The van der Waals surface area contributed by atoms with Crippen LogP contribution in [-0.4, -0.2) is 30.3 Å². The predicted molar refractivity (Wildman–Crippen MR) is 37.1 cm³/mol. The van der Waals surface area contributed by atoms with Crippen molar-refractivity contribution in [2.75, 3.05) is 7.11 Å². The standard InChI is InChI=1S/C3H4N2.CH4O4S/c1-2-4-5-3-1;1-5-6(2,3)4/h1-3H,(H,4,5);1H3,(H,2,3,4). The monoisotopic (exact) mass is 180 g/mol. The Morgan fingerprint density at radius 3 is 2.27 bits per heavy atom. The first-order chi connectivity index (χ1) is 5.06. The fourth-order valence-electron chi connectivity index (χ4n) is 0.215. The van der Waals surface area contributed by atoms with Gasteiger partial charge in [0, 0.05) is 12.4 Å². The van der Waals surface area contributed by atoms with Crippen LogP contribution in [0.5, 0.6) is 0 Å². The molecule has 0 fully saturated rings. The molecule has 0 amide bonds. The van der Waals surface area contributed by atoms with Gasteiger partial charge in [-0.2, -0.15) is 13.5 Å². The minimum Gasteiger partial charge on any atom is -0.286 e. The molecule has 1 heterocycles. The maximum Gasteiger partial charge on any atom is 0.397 e. The van der Waals surface area contributed by atoms with Crippen molar-refractivity contribution in [3.05, 3.63) is 18.5 Å². The van der Waals surface area contributed by atoms with Crippen molar-refractivity contribution in [2.24, 2.45) is 0 Å². The molecule has 0 aromatic carbocycles. The highest BCUT2D eigenvalue weighted by Crippen LogP contribution is 1.74. The summed E-state index contributed by atoms with van der Waals surface area (Å²) in [6, 6.07) is 1.83. The second-order valence-corrected chi connectivity index (χ2v) is 2.55. The number of aromatic amines is 1. The summed E-state index contributed by atoms with van der Waals surface area (Å²) in [5.41, 5.74) is 0. The van der Waals surface area contributed by atoms with Gasteiger partial charge in [-0.05, 0) is 6.07 Å². The van der Waals surface area contributed by atoms with E-state index >= 15 is 0 Å². The Bertz CT molecular complexity index is 236. The molecule has 1 rings (SSSR count). The zero-order valence-corrected chi connectivity index (χ0v) is 6.58. The van der Waals surface area contributed by atoms with Gasteiger partial charge in [-0.25, -0.2) is 0 Å². The Balaban J connectivity index is 0.000000183. The average molecular weight is 180 g/mol. The maximum absolute atomic E-state index is 9.33. The third-order valence-corrected chi connectivity index (χ3v) is 1.04. The molecule has 0 unspecified atom stereocenters. The molecule has 0 bridgehead atoms. The molecular formula is C4H8N2O4S. The first-order valence-electron chi connectivity index (χ1n) is 2.53. The summed E-state index contributed by atoms with van der Waals surface area (Å²) < 4.78 is 29.7. The number of rotatable bonds is 1. The highest BCUT2D eigenvalue weighted by molar-refractivity contribution is 7.80. The first kappa shape index (κ1) is 10.1. The molecule has 0 aliphatic heterocycles. The van der Waals surface area contributed by atoms with E-state index in [0.29, 0.717) is 0 Å². The number of hydrogen-bond acceptors (Lipinski definition) is 4. The smallest absolute Gasteiger partial charge is 0.286 e. The topological polar surface area (TPSA) is 92.3 Å². The number of hydrogen-bond donors (Lipinski definition) is 2. The Labute approximate surface area is 64.2 Å². The lowest BCUT2D eigenvalue weighted by Gasteiger charge is -1.82. The van der Waals surface area contributed by atoms with Crippen LogP contribution in [0.1, 0.15) is 0 Å². The first-order valence-corrected chi connectivity index (χ1v) is 3.89. The molecule has 1 aromatic heterocycles. The Hall–Kier alpha value is -0.920. The van der Waals surface area contributed by atoms with Gasteiger partial charge < -0.3 is 0 Å². The van der Waals surface area contributed by atoms with Crippen LogP contribution in [0.3, 0.4) is 0 Å². The quantitative estimate of drug-likeness (QED) is 0.586. The lowest BCUT2D eigenvalue weighted by Crippen LogP contribution is -1.96. The molecule has 0 radical (unpaired) electrons. The molecule has 2 N–H and O–H groups in total. The van der Waals surface area contributed by atoms with E-state index in [-0.39, 0.29) is 0 Å². The molecule has 0 aliphatic rings. The normalized spacial score (nSPS) is 10.0. The van der Waals surface area contributed by atoms with Crippen LogP contribution in [0.4, 0.5) is 0 Å². The van der Waals surface area contributed by atoms with Crippen molar-refractivity contribution in [1.29, 1.82) is 0 Å². The van der Waals surface area contributed by atoms with Gasteiger partial charge >= 0.3 is 10.4 Å². The van der Waals surface area contributed by atoms with E-state index in [4.69, 9.17) is 4.55 Å². The molecule has 0 saturated heterocycles. The van der Waals surface area contributed by atoms with Gasteiger partial charge in [-0.3, -0.25) is 13.8 Å². The van der Waals surface area contributed by atoms with E-state index in [1.165, 1.54) is 0 Å². The van der Waals surface area contributed by atoms with E-state index in [1.807, 2.05) is 6.07 Å². The Morgan fingerprint density at radius 1 is 1.64 bits per heavy atom. The maximum atomic E-state index is 9.33. The lowest BCUT2D eigenvalue weighted by molar-refractivity contribution is 0.324. The van der Waals surface area contributed by atoms with Gasteiger partial charge in [0.25, 0.3) is 0 Å². The summed E-state index contributed by atoms with van der Waals surface area (Å²) in [5, 5.41) is 6.21. The van der Waals surface area contributed by atoms with Gasteiger partial charge in [0.15, 0.2) is 0 Å². The van der Waals surface area contributed by atoms with Crippen molar-refractivity contribution in [3.8, 4) is 0 Å². The van der Waals surface area contributed by atoms with Gasteiger partial charge in [-0.1, -0.05) is 0 Å². The van der Waals surface area contributed by atoms with E-state index in [9.17, 15) is 8.42 Å². The zero-order chi connectivity index (χ0) is 8.74. The van der Waals surface area contributed by atoms with Crippen LogP contribution < -0.4 is 0 Å². The fraction of sp³-hybridized carbons (Fsp3) is 0.250. The second kappa shape index (κ2) is 4.83. The minimum absolute atomic E-state index is 0.870. The third-order valence-electron chi connectivity index (χ3n) is 0.617. The molecular weight excluding hydrogens is 172 g/mol. The van der Waals surface area contributed by atoms with Crippen molar-refractivity contribution in [3.63, 3.8) is 0 Å². The van der Waals surface area contributed by atoms with E-state index in [1.54, 1.807) is 12.4 Å². The Kier molecular flexibility index (Phi) is 4.42. The number of H-pyrrole nitrogens is 1. The third kappa shape index (κ3) is 9.08. The van der Waals surface area contributed by atoms with E-state index < -0.39 is 10.4 Å². The Morgan fingerprint density at radius 2 is 2.18 bits per heavy atom. The molecule has 11 heavy (non-hydrogen) atoms. The van der Waals surface area contributed by atoms with Crippen LogP contribution >= 0.6 is 0 Å². The van der Waals surface area contributed by atoms with E-state index in [0.717, 1.165) is 7.11 Å². The predicted octanol–water partition coefficient (Wildman–Crippen LogP) is -0.155. The summed E-state index contributed by atoms with van der Waals surface area (Å²) in [5.74, 6) is 0. The highest BCUT2D eigenvalue weighted by Gasteiger charge is 1.93. The van der Waals surface area contributed by atoms with Crippen LogP contribution in [0, 0.1) is 0 Å². The van der Waals surface area contributed by atoms with Gasteiger partial charge in [0.05, 0.1) is 7.11 Å². The number of nitrogens with zero attached hydrogens (tertiary/aromatic N) is 1. The fourth-order valence-corrected chi connectivity index (χ4v) is 0.215. The zero-order valence-electron chi connectivity index (χ0n) is 5.76. The summed E-state index contributed by atoms with van der Waals surface area (Å²) in [4.78, 5) is 0. The SMILES string of the molecule is COS(=O)(=O)O.c1cn[nH]c1. The van der Waals surface area contributed by atoms with Crippen molar-refractivity contribution in [1.82, 2.24) is 10.2 Å². The minimum atomic E-state index is -4.16. The summed E-state index contributed by atoms with van der Waals surface area (Å²) >= 11 is 0. The average Bonchev–Trinajstić information content (AvgIpc) is 2.41. The van der Waals surface area contributed by atoms with E-state index in [2.05, 4.69) is 14.4 Å². The van der Waals surface area contributed by atoms with Crippen LogP contribution in [-0.2, 0) is 14.6 Å². The van der Waals surface area contributed by atoms with Crippen LogP contribution in [0.25, 0.3) is 0 Å². The molecule has 64 valence electrons. The summed E-state index contributed by atoms with van der Waals surface area (Å²) in [7, 11) is -3.29. The molecule has 0 aliphatic carbocycles. The summed E-state index contributed by atoms with van der Waals surface area (Å²) in [6.07, 6.45) is 3.46. The second-order valence-electron chi connectivity index (χ2n) is 1.36. The molecule has 0 atom stereocenters. The molecule has 7 heteroatoms. The lowest BCUT2D eigenvalue weighted by atomic mass is 10.8. The molecule has 1 aromatic rings. The van der Waals surface area contributed by atoms with Crippen LogP contribution in [0.15, 0.2) is 18.5 Å².